The van der Waals surface area contributed by atoms with E-state index in [1.54, 1.807) is 0 Å². The lowest BCUT2D eigenvalue weighted by molar-refractivity contribution is 0.132. The van der Waals surface area contributed by atoms with Crippen molar-refractivity contribution >= 4 is 0 Å². The first-order chi connectivity index (χ1) is 7.72. The zero-order valence-electron chi connectivity index (χ0n) is 10.5. The summed E-state index contributed by atoms with van der Waals surface area (Å²) in [6.07, 6.45) is 12.5. The van der Waals surface area contributed by atoms with Crippen LogP contribution in [0.3, 0.4) is 0 Å². The fourth-order valence-corrected chi connectivity index (χ4v) is 4.30. The maximum Gasteiger partial charge on any atom is 0.0940 e. The smallest absolute Gasteiger partial charge is 0.0940 e. The molecule has 1 aromatic rings. The van der Waals surface area contributed by atoms with E-state index in [-0.39, 0.29) is 0 Å². The lowest BCUT2D eigenvalue weighted by atomic mass is 9.64. The largest absolute Gasteiger partial charge is 0.472 e. The van der Waals surface area contributed by atoms with Crippen molar-refractivity contribution in [3.05, 3.63) is 23.7 Å². The predicted octanol–water partition coefficient (Wildman–Crippen LogP) is 4.66. The number of aryl methyl sites for hydroxylation is 1. The van der Waals surface area contributed by atoms with E-state index in [2.05, 4.69) is 13.8 Å². The molecular formula is C15H22O. The molecule has 0 unspecified atom stereocenters. The second-order valence-corrected chi connectivity index (χ2v) is 6.09. The van der Waals surface area contributed by atoms with Gasteiger partial charge in [-0.05, 0) is 61.0 Å². The highest BCUT2D eigenvalue weighted by molar-refractivity contribution is 5.28. The summed E-state index contributed by atoms with van der Waals surface area (Å²) in [5.74, 6) is 1.73. The Morgan fingerprint density at radius 2 is 2.06 bits per heavy atom. The van der Waals surface area contributed by atoms with Crippen LogP contribution >= 0.6 is 0 Å². The Morgan fingerprint density at radius 1 is 1.19 bits per heavy atom. The highest BCUT2D eigenvalue weighted by atomic mass is 16.3. The third-order valence-corrected chi connectivity index (χ3v) is 5.32. The zero-order valence-corrected chi connectivity index (χ0v) is 10.5. The highest BCUT2D eigenvalue weighted by Gasteiger charge is 2.48. The molecule has 0 amide bonds. The van der Waals surface area contributed by atoms with Gasteiger partial charge in [-0.3, -0.25) is 0 Å². The first-order valence-electron chi connectivity index (χ1n) is 6.74. The lowest BCUT2D eigenvalue weighted by Gasteiger charge is -2.40. The summed E-state index contributed by atoms with van der Waals surface area (Å²) in [4.78, 5) is 0. The van der Waals surface area contributed by atoms with Gasteiger partial charge in [0.1, 0.15) is 0 Å². The van der Waals surface area contributed by atoms with Crippen LogP contribution in [0.25, 0.3) is 0 Å². The molecule has 3 rings (SSSR count). The topological polar surface area (TPSA) is 13.1 Å². The van der Waals surface area contributed by atoms with Gasteiger partial charge in [0, 0.05) is 0 Å². The first kappa shape index (κ1) is 10.4. The number of hydrogen-bond acceptors (Lipinski definition) is 1. The summed E-state index contributed by atoms with van der Waals surface area (Å²) in [6, 6.07) is 0. The summed E-state index contributed by atoms with van der Waals surface area (Å²) < 4.78 is 5.38. The minimum Gasteiger partial charge on any atom is -0.472 e. The molecule has 0 bridgehead atoms. The molecule has 88 valence electrons. The van der Waals surface area contributed by atoms with Crippen molar-refractivity contribution < 1.29 is 4.42 Å². The first-order valence-corrected chi connectivity index (χ1v) is 6.74. The minimum absolute atomic E-state index is 0.562. The van der Waals surface area contributed by atoms with Crippen LogP contribution in [-0.2, 0) is 0 Å². The molecule has 1 aromatic heterocycles. The number of furan rings is 1. The second-order valence-electron chi connectivity index (χ2n) is 6.09. The van der Waals surface area contributed by atoms with E-state index in [1.807, 2.05) is 12.5 Å². The molecule has 2 aliphatic carbocycles. The van der Waals surface area contributed by atoms with Gasteiger partial charge in [0.2, 0.25) is 0 Å². The van der Waals surface area contributed by atoms with E-state index in [0.717, 1.165) is 11.8 Å². The fourth-order valence-electron chi connectivity index (χ4n) is 4.30. The van der Waals surface area contributed by atoms with Crippen LogP contribution < -0.4 is 0 Å². The average molecular weight is 218 g/mol. The third kappa shape index (κ3) is 1.37. The second kappa shape index (κ2) is 3.65. The predicted molar refractivity (Wildman–Crippen MR) is 65.5 cm³/mol. The van der Waals surface area contributed by atoms with Crippen LogP contribution in [0.5, 0.6) is 0 Å². The summed E-state index contributed by atoms with van der Waals surface area (Å²) >= 11 is 0. The van der Waals surface area contributed by atoms with E-state index in [4.69, 9.17) is 4.42 Å². The standard InChI is InChI=1S/C15H22O/c1-11-9-16-10-13(11)14-7-6-12-5-3-4-8-15(12,14)2/h9-10,12,14H,3-8H2,1-2H3/t12-,14-,15-/m1/s1. The molecule has 3 atom stereocenters. The maximum absolute atomic E-state index is 5.38. The monoisotopic (exact) mass is 218 g/mol. The minimum atomic E-state index is 0.562. The Labute approximate surface area is 98.2 Å². The summed E-state index contributed by atoms with van der Waals surface area (Å²) in [5, 5.41) is 0. The maximum atomic E-state index is 5.38. The van der Waals surface area contributed by atoms with Gasteiger partial charge in [-0.1, -0.05) is 19.8 Å². The van der Waals surface area contributed by atoms with Gasteiger partial charge in [-0.15, -0.1) is 0 Å². The summed E-state index contributed by atoms with van der Waals surface area (Å²) in [6.45, 7) is 4.72. The van der Waals surface area contributed by atoms with Crippen LogP contribution in [0, 0.1) is 18.3 Å². The van der Waals surface area contributed by atoms with Crippen molar-refractivity contribution in [3.8, 4) is 0 Å². The molecule has 0 saturated heterocycles. The van der Waals surface area contributed by atoms with Crippen LogP contribution in [0.2, 0.25) is 0 Å². The summed E-state index contributed by atoms with van der Waals surface area (Å²) in [5.41, 5.74) is 3.41. The molecule has 0 aliphatic heterocycles. The fraction of sp³-hybridized carbons (Fsp3) is 0.733. The van der Waals surface area contributed by atoms with Gasteiger partial charge < -0.3 is 4.42 Å². The van der Waals surface area contributed by atoms with Gasteiger partial charge in [-0.25, -0.2) is 0 Å². The molecule has 0 radical (unpaired) electrons. The number of fused-ring (bicyclic) bond motifs is 1. The van der Waals surface area contributed by atoms with Crippen molar-refractivity contribution in [3.63, 3.8) is 0 Å². The van der Waals surface area contributed by atoms with Gasteiger partial charge in [-0.2, -0.15) is 0 Å². The Bertz CT molecular complexity index is 379. The van der Waals surface area contributed by atoms with E-state index >= 15 is 0 Å². The molecule has 0 spiro atoms. The summed E-state index contributed by atoms with van der Waals surface area (Å²) in [7, 11) is 0. The Hall–Kier alpha value is -0.720. The molecule has 2 fully saturated rings. The van der Waals surface area contributed by atoms with E-state index in [1.165, 1.54) is 49.7 Å². The molecule has 0 aromatic carbocycles. The molecule has 1 heterocycles. The number of hydrogen-bond donors (Lipinski definition) is 0. The SMILES string of the molecule is Cc1cocc1[C@H]1CC[C@H]2CCCC[C@]21C. The normalized spacial score (nSPS) is 38.6. The van der Waals surface area contributed by atoms with Gasteiger partial charge >= 0.3 is 0 Å². The van der Waals surface area contributed by atoms with Crippen molar-refractivity contribution in [1.82, 2.24) is 0 Å². The quantitative estimate of drug-likeness (QED) is 0.668. The number of rotatable bonds is 1. The van der Waals surface area contributed by atoms with Crippen LogP contribution in [-0.4, -0.2) is 0 Å². The zero-order chi connectivity index (χ0) is 11.2. The third-order valence-electron chi connectivity index (χ3n) is 5.32. The van der Waals surface area contributed by atoms with E-state index in [9.17, 15) is 0 Å². The molecule has 1 nitrogen and oxygen atoms in total. The van der Waals surface area contributed by atoms with Crippen molar-refractivity contribution in [2.45, 2.75) is 58.3 Å². The van der Waals surface area contributed by atoms with Crippen LogP contribution in [0.15, 0.2) is 16.9 Å². The highest BCUT2D eigenvalue weighted by Crippen LogP contribution is 2.59. The lowest BCUT2D eigenvalue weighted by Crippen LogP contribution is -2.30. The molecule has 16 heavy (non-hydrogen) atoms. The average Bonchev–Trinajstić information content (AvgIpc) is 2.81. The Balaban J connectivity index is 1.95. The van der Waals surface area contributed by atoms with Crippen LogP contribution in [0.1, 0.15) is 62.5 Å². The molecule has 2 aliphatic rings. The van der Waals surface area contributed by atoms with Crippen molar-refractivity contribution in [1.29, 1.82) is 0 Å². The molecule has 2 saturated carbocycles. The van der Waals surface area contributed by atoms with Gasteiger partial charge in [0.25, 0.3) is 0 Å². The van der Waals surface area contributed by atoms with E-state index in [0.29, 0.717) is 5.41 Å². The van der Waals surface area contributed by atoms with Gasteiger partial charge in [0.15, 0.2) is 0 Å². The van der Waals surface area contributed by atoms with Gasteiger partial charge in [0.05, 0.1) is 12.5 Å². The van der Waals surface area contributed by atoms with Crippen molar-refractivity contribution in [2.24, 2.45) is 11.3 Å². The Morgan fingerprint density at radius 3 is 2.81 bits per heavy atom. The van der Waals surface area contributed by atoms with E-state index < -0.39 is 0 Å². The Kier molecular flexibility index (Phi) is 2.38. The molecular weight excluding hydrogens is 196 g/mol. The van der Waals surface area contributed by atoms with Crippen molar-refractivity contribution in [2.75, 3.05) is 0 Å². The molecule has 0 N–H and O–H groups in total. The van der Waals surface area contributed by atoms with Crippen LogP contribution in [0.4, 0.5) is 0 Å². The molecule has 1 heteroatoms.